The first-order valence-electron chi connectivity index (χ1n) is 10.9. The van der Waals surface area contributed by atoms with Crippen molar-refractivity contribution in [2.75, 3.05) is 5.32 Å². The van der Waals surface area contributed by atoms with Gasteiger partial charge < -0.3 is 19.7 Å². The fraction of sp³-hybridized carbons (Fsp3) is 0.111. The smallest absolute Gasteiger partial charge is 0.335 e. The lowest BCUT2D eigenvalue weighted by atomic mass is 10.1. The van der Waals surface area contributed by atoms with Gasteiger partial charge in [-0.15, -0.1) is 0 Å². The third-order valence-corrected chi connectivity index (χ3v) is 6.01. The van der Waals surface area contributed by atoms with Crippen molar-refractivity contribution in [3.8, 4) is 22.7 Å². The van der Waals surface area contributed by atoms with E-state index >= 15 is 0 Å². The second kappa shape index (κ2) is 10.5. The van der Waals surface area contributed by atoms with E-state index < -0.39 is 35.6 Å². The average Bonchev–Trinajstić information content (AvgIpc) is 3.19. The molecule has 37 heavy (non-hydrogen) atoms. The highest BCUT2D eigenvalue weighted by Crippen LogP contribution is 2.37. The van der Waals surface area contributed by atoms with Crippen LogP contribution >= 0.6 is 15.9 Å². The second-order valence-corrected chi connectivity index (χ2v) is 9.14. The molecule has 0 aliphatic carbocycles. The summed E-state index contributed by atoms with van der Waals surface area (Å²) < 4.78 is 49.9. The van der Waals surface area contributed by atoms with E-state index in [1.54, 1.807) is 34.9 Å². The maximum absolute atomic E-state index is 14.2. The highest BCUT2D eigenvalue weighted by Gasteiger charge is 2.19. The predicted octanol–water partition coefficient (Wildman–Crippen LogP) is 6.87. The highest BCUT2D eigenvalue weighted by molar-refractivity contribution is 9.10. The van der Waals surface area contributed by atoms with Crippen LogP contribution in [0.3, 0.4) is 0 Å². The van der Waals surface area contributed by atoms with Crippen molar-refractivity contribution in [3.63, 3.8) is 0 Å². The minimum absolute atomic E-state index is 0.0340. The number of carboxylic acid groups (broad SMARTS) is 1. The van der Waals surface area contributed by atoms with Crippen molar-refractivity contribution in [1.82, 2.24) is 4.57 Å². The lowest BCUT2D eigenvalue weighted by molar-refractivity contribution is -0.114. The van der Waals surface area contributed by atoms with Gasteiger partial charge in [-0.3, -0.25) is 4.79 Å². The van der Waals surface area contributed by atoms with Crippen LogP contribution in [0.1, 0.15) is 28.5 Å². The molecule has 0 unspecified atom stereocenters. The van der Waals surface area contributed by atoms with E-state index in [2.05, 4.69) is 21.2 Å². The van der Waals surface area contributed by atoms with Gasteiger partial charge in [0.2, 0.25) is 5.91 Å². The molecule has 6 nitrogen and oxygen atoms in total. The number of nitrogens with zero attached hydrogens (tertiary/aromatic N) is 1. The number of carbonyl (C=O) groups is 2. The molecule has 3 aromatic carbocycles. The molecule has 4 aromatic rings. The van der Waals surface area contributed by atoms with Crippen LogP contribution in [0.5, 0.6) is 5.75 Å². The Morgan fingerprint density at radius 3 is 2.35 bits per heavy atom. The first kappa shape index (κ1) is 26.0. The molecule has 1 aromatic heterocycles. The molecule has 1 heterocycles. The minimum atomic E-state index is -1.17. The van der Waals surface area contributed by atoms with Crippen LogP contribution in [-0.2, 0) is 11.4 Å². The minimum Gasteiger partial charge on any atom is -0.488 e. The van der Waals surface area contributed by atoms with Gasteiger partial charge in [0.25, 0.3) is 0 Å². The van der Waals surface area contributed by atoms with E-state index in [1.165, 1.54) is 19.1 Å². The molecule has 0 aliphatic heterocycles. The van der Waals surface area contributed by atoms with Crippen LogP contribution in [-0.4, -0.2) is 21.6 Å². The maximum atomic E-state index is 14.2. The summed E-state index contributed by atoms with van der Waals surface area (Å²) in [6, 6.07) is 14.3. The van der Waals surface area contributed by atoms with E-state index in [1.807, 2.05) is 13.0 Å². The summed E-state index contributed by atoms with van der Waals surface area (Å²) in [4.78, 5) is 23.4. The van der Waals surface area contributed by atoms with Gasteiger partial charge in [0, 0.05) is 46.2 Å². The number of nitrogens with one attached hydrogen (secondary N) is 1. The van der Waals surface area contributed by atoms with Crippen molar-refractivity contribution in [3.05, 3.63) is 99.4 Å². The summed E-state index contributed by atoms with van der Waals surface area (Å²) in [5.41, 5.74) is 2.17. The molecule has 4 rings (SSSR count). The number of anilines is 1. The number of hydrogen-bond donors (Lipinski definition) is 2. The Labute approximate surface area is 218 Å². The van der Waals surface area contributed by atoms with Crippen molar-refractivity contribution in [1.29, 1.82) is 0 Å². The van der Waals surface area contributed by atoms with Gasteiger partial charge in [0.1, 0.15) is 29.8 Å². The largest absolute Gasteiger partial charge is 0.488 e. The van der Waals surface area contributed by atoms with E-state index in [-0.39, 0.29) is 17.2 Å². The molecule has 0 saturated carbocycles. The molecular weight excluding hydrogens is 553 g/mol. The topological polar surface area (TPSA) is 80.6 Å². The van der Waals surface area contributed by atoms with Crippen LogP contribution in [0, 0.1) is 24.4 Å². The number of hydrogen-bond acceptors (Lipinski definition) is 3. The van der Waals surface area contributed by atoms with E-state index in [0.29, 0.717) is 39.2 Å². The molecule has 0 atom stereocenters. The summed E-state index contributed by atoms with van der Waals surface area (Å²) in [7, 11) is 0. The van der Waals surface area contributed by atoms with Gasteiger partial charge in [0.05, 0.1) is 16.8 Å². The van der Waals surface area contributed by atoms with E-state index in [4.69, 9.17) is 4.74 Å². The lowest BCUT2D eigenvalue weighted by Crippen LogP contribution is -2.09. The lowest BCUT2D eigenvalue weighted by Gasteiger charge is -2.18. The van der Waals surface area contributed by atoms with Gasteiger partial charge in [-0.25, -0.2) is 18.0 Å². The fourth-order valence-corrected chi connectivity index (χ4v) is 4.28. The second-order valence-electron chi connectivity index (χ2n) is 8.23. The summed E-state index contributed by atoms with van der Waals surface area (Å²) >= 11 is 3.43. The molecule has 190 valence electrons. The molecule has 2 N–H and O–H groups in total. The highest BCUT2D eigenvalue weighted by atomic mass is 79.9. The summed E-state index contributed by atoms with van der Waals surface area (Å²) in [5, 5.41) is 12.2. The monoisotopic (exact) mass is 572 g/mol. The molecule has 0 fully saturated rings. The number of aromatic nitrogens is 1. The number of aryl methyl sites for hydroxylation is 1. The molecule has 0 radical (unpaired) electrons. The number of ether oxygens (including phenoxy) is 1. The van der Waals surface area contributed by atoms with Crippen LogP contribution in [0.4, 0.5) is 18.9 Å². The summed E-state index contributed by atoms with van der Waals surface area (Å²) in [5.74, 6) is -4.41. The number of benzene rings is 3. The number of carbonyl (C=O) groups excluding carboxylic acids is 1. The quantitative estimate of drug-likeness (QED) is 0.253. The first-order valence-corrected chi connectivity index (χ1v) is 11.7. The van der Waals surface area contributed by atoms with Crippen LogP contribution in [0.15, 0.2) is 65.1 Å². The van der Waals surface area contributed by atoms with Gasteiger partial charge >= 0.3 is 5.97 Å². The third-order valence-electron chi connectivity index (χ3n) is 5.51. The molecular formula is C27H20BrF3N2O4. The van der Waals surface area contributed by atoms with Gasteiger partial charge in [0.15, 0.2) is 0 Å². The van der Waals surface area contributed by atoms with Crippen LogP contribution in [0.25, 0.3) is 16.9 Å². The fourth-order valence-electron chi connectivity index (χ4n) is 3.92. The molecule has 10 heteroatoms. The van der Waals surface area contributed by atoms with Gasteiger partial charge in [-0.1, -0.05) is 15.9 Å². The zero-order chi connectivity index (χ0) is 26.9. The Kier molecular flexibility index (Phi) is 7.40. The first-order chi connectivity index (χ1) is 17.5. The van der Waals surface area contributed by atoms with Gasteiger partial charge in [-0.2, -0.15) is 0 Å². The average molecular weight is 573 g/mol. The Morgan fingerprint density at radius 1 is 1.00 bits per heavy atom. The molecule has 0 spiro atoms. The van der Waals surface area contributed by atoms with Crippen molar-refractivity contribution in [2.24, 2.45) is 0 Å². The van der Waals surface area contributed by atoms with Crippen molar-refractivity contribution in [2.45, 2.75) is 20.5 Å². The number of amides is 1. The Hall–Kier alpha value is -4.05. The number of rotatable bonds is 7. The number of aromatic carboxylic acids is 1. The zero-order valence-electron chi connectivity index (χ0n) is 19.6. The summed E-state index contributed by atoms with van der Waals surface area (Å²) in [6.07, 6.45) is 0. The SMILES string of the molecule is CC(=O)Nc1cc(C(=O)O)cc(-n2c(C)ccc2-c2cc(Br)ccc2OCc2c(F)cc(F)cc2F)c1. The summed E-state index contributed by atoms with van der Waals surface area (Å²) in [6.45, 7) is 2.64. The predicted molar refractivity (Wildman–Crippen MR) is 136 cm³/mol. The maximum Gasteiger partial charge on any atom is 0.335 e. The Bertz CT molecular complexity index is 1510. The normalized spacial score (nSPS) is 10.9. The number of carboxylic acids is 1. The van der Waals surface area contributed by atoms with E-state index in [0.717, 1.165) is 5.69 Å². The van der Waals surface area contributed by atoms with Crippen LogP contribution in [0.2, 0.25) is 0 Å². The standard InChI is InChI=1S/C27H20BrF3N2O4/c1-14-3-5-25(33(14)20-8-16(27(35)36)7-19(12-20)32-15(2)34)21-9-17(28)4-6-26(21)37-13-22-23(30)10-18(29)11-24(22)31/h3-12H,13H2,1-2H3,(H,32,34)(H,35,36). The zero-order valence-corrected chi connectivity index (χ0v) is 21.2. The Morgan fingerprint density at radius 2 is 1.70 bits per heavy atom. The van der Waals surface area contributed by atoms with E-state index in [9.17, 15) is 27.9 Å². The van der Waals surface area contributed by atoms with Gasteiger partial charge in [-0.05, 0) is 55.5 Å². The van der Waals surface area contributed by atoms with Crippen LogP contribution < -0.4 is 10.1 Å². The molecule has 0 saturated heterocycles. The van der Waals surface area contributed by atoms with Crippen molar-refractivity contribution >= 4 is 33.5 Å². The molecule has 1 amide bonds. The number of halogens is 4. The molecule has 0 bridgehead atoms. The van der Waals surface area contributed by atoms with Crippen molar-refractivity contribution < 1.29 is 32.6 Å². The Balaban J connectivity index is 1.81. The molecule has 0 aliphatic rings. The third kappa shape index (κ3) is 5.69.